The van der Waals surface area contributed by atoms with Gasteiger partial charge in [0.2, 0.25) is 0 Å². The van der Waals surface area contributed by atoms with Crippen molar-refractivity contribution in [1.29, 1.82) is 0 Å². The first-order valence-corrected chi connectivity index (χ1v) is 7.75. The number of carbonyl (C=O) groups is 1. The molecular formula is C15H26N2O. The summed E-state index contributed by atoms with van der Waals surface area (Å²) in [4.78, 5) is 17.0. The van der Waals surface area contributed by atoms with Gasteiger partial charge in [-0.2, -0.15) is 0 Å². The summed E-state index contributed by atoms with van der Waals surface area (Å²) in [5.41, 5.74) is 0. The molecule has 3 unspecified atom stereocenters. The predicted octanol–water partition coefficient (Wildman–Crippen LogP) is 2.06. The Morgan fingerprint density at radius 2 is 1.72 bits per heavy atom. The molecule has 0 radical (unpaired) electrons. The van der Waals surface area contributed by atoms with Crippen molar-refractivity contribution in [3.63, 3.8) is 0 Å². The van der Waals surface area contributed by atoms with E-state index in [1.54, 1.807) is 0 Å². The van der Waals surface area contributed by atoms with Crippen LogP contribution in [0.2, 0.25) is 0 Å². The Kier molecular flexibility index (Phi) is 3.71. The highest BCUT2D eigenvalue weighted by Crippen LogP contribution is 2.35. The second-order valence-electron chi connectivity index (χ2n) is 6.49. The van der Waals surface area contributed by atoms with Crippen LogP contribution in [0.4, 0.5) is 0 Å². The lowest BCUT2D eigenvalue weighted by Crippen LogP contribution is -2.52. The van der Waals surface area contributed by atoms with Crippen LogP contribution in [0.1, 0.15) is 51.9 Å². The fraction of sp³-hybridized carbons (Fsp3) is 0.933. The Morgan fingerprint density at radius 1 is 1.11 bits per heavy atom. The van der Waals surface area contributed by atoms with Gasteiger partial charge in [-0.1, -0.05) is 6.42 Å². The lowest BCUT2D eigenvalue weighted by Gasteiger charge is -2.41. The number of Topliss-reactive ketones (excluding diaryl/α,β-unsaturated/α-hetero) is 1. The largest absolute Gasteiger partial charge is 0.302 e. The molecule has 0 spiro atoms. The summed E-state index contributed by atoms with van der Waals surface area (Å²) in [5.74, 6) is 0.504. The van der Waals surface area contributed by atoms with Crippen LogP contribution in [0.25, 0.3) is 0 Å². The smallest absolute Gasteiger partial charge is 0.136 e. The normalized spacial score (nSPS) is 35.9. The molecule has 3 fully saturated rings. The topological polar surface area (TPSA) is 23.6 Å². The van der Waals surface area contributed by atoms with Gasteiger partial charge in [-0.25, -0.2) is 0 Å². The minimum Gasteiger partial charge on any atom is -0.302 e. The van der Waals surface area contributed by atoms with Crippen LogP contribution in [0.5, 0.6) is 0 Å². The molecule has 3 rings (SSSR count). The summed E-state index contributed by atoms with van der Waals surface area (Å²) in [6.45, 7) is 6.15. The van der Waals surface area contributed by atoms with Gasteiger partial charge >= 0.3 is 0 Å². The second-order valence-corrected chi connectivity index (χ2v) is 6.49. The third-order valence-corrected chi connectivity index (χ3v) is 5.08. The molecule has 0 aromatic heterocycles. The van der Waals surface area contributed by atoms with Crippen LogP contribution in [0.3, 0.4) is 0 Å². The first-order chi connectivity index (χ1) is 8.74. The molecule has 0 amide bonds. The highest BCUT2D eigenvalue weighted by molar-refractivity contribution is 5.81. The van der Waals surface area contributed by atoms with Crippen molar-refractivity contribution in [3.05, 3.63) is 0 Å². The number of likely N-dealkylation sites (tertiary alicyclic amines) is 1. The Bertz CT molecular complexity index is 296. The number of fused-ring (bicyclic) bond motifs is 2. The third-order valence-electron chi connectivity index (χ3n) is 5.08. The van der Waals surface area contributed by atoms with Crippen LogP contribution < -0.4 is 0 Å². The van der Waals surface area contributed by atoms with E-state index in [1.165, 1.54) is 51.7 Å². The third kappa shape index (κ3) is 2.48. The number of rotatable bonds is 3. The summed E-state index contributed by atoms with van der Waals surface area (Å²) < 4.78 is 0. The van der Waals surface area contributed by atoms with Crippen molar-refractivity contribution in [2.75, 3.05) is 19.6 Å². The molecule has 0 N–H and O–H groups in total. The van der Waals surface area contributed by atoms with Crippen LogP contribution in [-0.2, 0) is 4.79 Å². The molecule has 2 bridgehead atoms. The van der Waals surface area contributed by atoms with E-state index in [0.29, 0.717) is 23.9 Å². The number of carbonyl (C=O) groups excluding carboxylic acids is 1. The van der Waals surface area contributed by atoms with Gasteiger partial charge in [0.25, 0.3) is 0 Å². The molecule has 3 aliphatic heterocycles. The molecule has 0 saturated carbocycles. The van der Waals surface area contributed by atoms with Gasteiger partial charge in [0.05, 0.1) is 0 Å². The maximum Gasteiger partial charge on any atom is 0.136 e. The molecule has 3 saturated heterocycles. The first-order valence-electron chi connectivity index (χ1n) is 7.75. The number of piperidine rings is 2. The Hall–Kier alpha value is -0.410. The van der Waals surface area contributed by atoms with Crippen molar-refractivity contribution < 1.29 is 4.79 Å². The van der Waals surface area contributed by atoms with E-state index in [2.05, 4.69) is 16.7 Å². The summed E-state index contributed by atoms with van der Waals surface area (Å²) >= 11 is 0. The van der Waals surface area contributed by atoms with Crippen molar-refractivity contribution in [2.24, 2.45) is 0 Å². The van der Waals surface area contributed by atoms with Gasteiger partial charge in [0.15, 0.2) is 0 Å². The fourth-order valence-electron chi connectivity index (χ4n) is 4.33. The minimum absolute atomic E-state index is 0.504. The average Bonchev–Trinajstić information content (AvgIpc) is 2.63. The van der Waals surface area contributed by atoms with Crippen LogP contribution in [0.15, 0.2) is 0 Å². The molecule has 3 aliphatic rings. The van der Waals surface area contributed by atoms with Crippen molar-refractivity contribution in [2.45, 2.75) is 70.0 Å². The van der Waals surface area contributed by atoms with E-state index < -0.39 is 0 Å². The van der Waals surface area contributed by atoms with Crippen molar-refractivity contribution in [3.8, 4) is 0 Å². The minimum atomic E-state index is 0.504. The highest BCUT2D eigenvalue weighted by Gasteiger charge is 2.42. The zero-order valence-electron chi connectivity index (χ0n) is 11.6. The van der Waals surface area contributed by atoms with Gasteiger partial charge in [0.1, 0.15) is 5.78 Å². The quantitative estimate of drug-likeness (QED) is 0.766. The molecule has 3 heteroatoms. The first kappa shape index (κ1) is 12.6. The Balaban J connectivity index is 1.58. The van der Waals surface area contributed by atoms with Gasteiger partial charge in [-0.05, 0) is 45.7 Å². The standard InChI is InChI=1S/C15H26N2O/c1-12(11-16-7-3-2-4-8-16)17-13-5-6-14(17)10-15(18)9-13/h12-14H,2-11H2,1H3. The highest BCUT2D eigenvalue weighted by atomic mass is 16.1. The second kappa shape index (κ2) is 5.30. The lowest BCUT2D eigenvalue weighted by atomic mass is 9.99. The maximum atomic E-state index is 11.6. The predicted molar refractivity (Wildman–Crippen MR) is 72.6 cm³/mol. The SMILES string of the molecule is CC(CN1CCCCC1)N1C2CCC1CC(=O)C2. The van der Waals surface area contributed by atoms with E-state index in [4.69, 9.17) is 0 Å². The zero-order chi connectivity index (χ0) is 12.5. The van der Waals surface area contributed by atoms with E-state index in [0.717, 1.165) is 12.8 Å². The molecular weight excluding hydrogens is 224 g/mol. The molecule has 3 heterocycles. The van der Waals surface area contributed by atoms with E-state index in [9.17, 15) is 4.79 Å². The molecule has 0 aliphatic carbocycles. The van der Waals surface area contributed by atoms with Gasteiger partial charge in [-0.3, -0.25) is 9.69 Å². The Morgan fingerprint density at radius 3 is 2.33 bits per heavy atom. The number of nitrogens with zero attached hydrogens (tertiary/aromatic N) is 2. The van der Waals surface area contributed by atoms with Crippen molar-refractivity contribution in [1.82, 2.24) is 9.80 Å². The molecule has 0 aromatic carbocycles. The molecule has 102 valence electrons. The average molecular weight is 250 g/mol. The van der Waals surface area contributed by atoms with Crippen LogP contribution in [0, 0.1) is 0 Å². The summed E-state index contributed by atoms with van der Waals surface area (Å²) in [6.07, 6.45) is 8.30. The molecule has 18 heavy (non-hydrogen) atoms. The molecule has 0 aromatic rings. The number of hydrogen-bond acceptors (Lipinski definition) is 3. The van der Waals surface area contributed by atoms with Gasteiger partial charge in [0, 0.05) is 37.5 Å². The summed E-state index contributed by atoms with van der Waals surface area (Å²) in [5, 5.41) is 0. The van der Waals surface area contributed by atoms with Crippen LogP contribution in [-0.4, -0.2) is 53.3 Å². The van der Waals surface area contributed by atoms with E-state index in [-0.39, 0.29) is 0 Å². The molecule has 3 nitrogen and oxygen atoms in total. The zero-order valence-corrected chi connectivity index (χ0v) is 11.6. The Labute approximate surface area is 111 Å². The van der Waals surface area contributed by atoms with Crippen molar-refractivity contribution >= 4 is 5.78 Å². The van der Waals surface area contributed by atoms with Gasteiger partial charge < -0.3 is 4.90 Å². The monoisotopic (exact) mass is 250 g/mol. The molecule has 3 atom stereocenters. The van der Waals surface area contributed by atoms with Crippen LogP contribution >= 0.6 is 0 Å². The summed E-state index contributed by atoms with van der Waals surface area (Å²) in [6, 6.07) is 1.76. The number of hydrogen-bond donors (Lipinski definition) is 0. The van der Waals surface area contributed by atoms with E-state index >= 15 is 0 Å². The van der Waals surface area contributed by atoms with Gasteiger partial charge in [-0.15, -0.1) is 0 Å². The lowest BCUT2D eigenvalue weighted by molar-refractivity contribution is -0.124. The fourth-order valence-corrected chi connectivity index (χ4v) is 4.33. The maximum absolute atomic E-state index is 11.6. The summed E-state index contributed by atoms with van der Waals surface area (Å²) in [7, 11) is 0. The van der Waals surface area contributed by atoms with E-state index in [1.807, 2.05) is 0 Å². The number of ketones is 1.